The molecule has 0 radical (unpaired) electrons. The molecule has 0 bridgehead atoms. The van der Waals surface area contributed by atoms with Crippen LogP contribution in [-0.4, -0.2) is 30.6 Å². The topological polar surface area (TPSA) is 66.8 Å². The summed E-state index contributed by atoms with van der Waals surface area (Å²) in [5, 5.41) is 8.57. The van der Waals surface area contributed by atoms with Gasteiger partial charge in [-0.15, -0.1) is 0 Å². The maximum atomic E-state index is 12.3. The lowest BCUT2D eigenvalue weighted by Gasteiger charge is -2.24. The molecule has 0 unspecified atom stereocenters. The van der Waals surface area contributed by atoms with E-state index in [2.05, 4.69) is 0 Å². The van der Waals surface area contributed by atoms with E-state index in [1.807, 2.05) is 0 Å². The van der Waals surface area contributed by atoms with E-state index in [0.717, 1.165) is 18.5 Å². The van der Waals surface area contributed by atoms with Crippen LogP contribution in [-0.2, 0) is 9.59 Å². The van der Waals surface area contributed by atoms with Crippen molar-refractivity contribution < 1.29 is 19.4 Å². The molecular weight excluding hydrogens is 282 g/mol. The standard InChI is InChI=1S/C17H23NO4/c1-18(16(19)11-13-5-3-2-4-6-13)14-7-9-15(10-8-14)22-12-17(20)21/h7-10,13H,2-6,11-12H2,1H3,(H,20,21). The van der Waals surface area contributed by atoms with Crippen LogP contribution >= 0.6 is 0 Å². The van der Waals surface area contributed by atoms with E-state index in [4.69, 9.17) is 9.84 Å². The third-order valence-electron chi connectivity index (χ3n) is 4.15. The van der Waals surface area contributed by atoms with Crippen LogP contribution in [0, 0.1) is 5.92 Å². The molecule has 1 N–H and O–H groups in total. The summed E-state index contributed by atoms with van der Waals surface area (Å²) in [5.74, 6) is 0.121. The maximum Gasteiger partial charge on any atom is 0.341 e. The molecule has 1 aromatic carbocycles. The van der Waals surface area contributed by atoms with Crippen molar-refractivity contribution in [1.29, 1.82) is 0 Å². The number of ether oxygens (including phenoxy) is 1. The van der Waals surface area contributed by atoms with Gasteiger partial charge in [-0.05, 0) is 43.0 Å². The smallest absolute Gasteiger partial charge is 0.341 e. The van der Waals surface area contributed by atoms with Crippen molar-refractivity contribution in [1.82, 2.24) is 0 Å². The fraction of sp³-hybridized carbons (Fsp3) is 0.529. The zero-order valence-electron chi connectivity index (χ0n) is 13.0. The van der Waals surface area contributed by atoms with E-state index in [0.29, 0.717) is 18.1 Å². The molecule has 0 heterocycles. The number of hydrogen-bond acceptors (Lipinski definition) is 3. The minimum absolute atomic E-state index is 0.131. The Morgan fingerprint density at radius 3 is 2.41 bits per heavy atom. The van der Waals surface area contributed by atoms with E-state index in [1.54, 1.807) is 36.2 Å². The largest absolute Gasteiger partial charge is 0.482 e. The first-order valence-electron chi connectivity index (χ1n) is 7.77. The summed E-state index contributed by atoms with van der Waals surface area (Å²) in [4.78, 5) is 24.4. The molecule has 120 valence electrons. The minimum Gasteiger partial charge on any atom is -0.482 e. The van der Waals surface area contributed by atoms with E-state index < -0.39 is 5.97 Å². The summed E-state index contributed by atoms with van der Waals surface area (Å²) in [7, 11) is 1.78. The molecule has 5 heteroatoms. The van der Waals surface area contributed by atoms with Crippen LogP contribution in [0.25, 0.3) is 0 Å². The SMILES string of the molecule is CN(C(=O)CC1CCCCC1)c1ccc(OCC(=O)O)cc1. The summed E-state index contributed by atoms with van der Waals surface area (Å²) < 4.78 is 5.08. The summed E-state index contributed by atoms with van der Waals surface area (Å²) in [6.45, 7) is -0.365. The van der Waals surface area contributed by atoms with E-state index in [-0.39, 0.29) is 12.5 Å². The van der Waals surface area contributed by atoms with Gasteiger partial charge in [0.2, 0.25) is 5.91 Å². The predicted molar refractivity (Wildman–Crippen MR) is 84.2 cm³/mol. The molecule has 22 heavy (non-hydrogen) atoms. The van der Waals surface area contributed by atoms with Crippen LogP contribution in [0.5, 0.6) is 5.75 Å². The average Bonchev–Trinajstić information content (AvgIpc) is 2.53. The summed E-state index contributed by atoms with van der Waals surface area (Å²) >= 11 is 0. The maximum absolute atomic E-state index is 12.3. The molecular formula is C17H23NO4. The molecule has 1 fully saturated rings. The molecule has 0 aliphatic heterocycles. The Kier molecular flexibility index (Phi) is 5.81. The number of hydrogen-bond donors (Lipinski definition) is 1. The van der Waals surface area contributed by atoms with Crippen molar-refractivity contribution >= 4 is 17.6 Å². The van der Waals surface area contributed by atoms with Gasteiger partial charge < -0.3 is 14.7 Å². The van der Waals surface area contributed by atoms with Crippen molar-refractivity contribution in [2.45, 2.75) is 38.5 Å². The number of carboxylic acid groups (broad SMARTS) is 1. The van der Waals surface area contributed by atoms with Crippen LogP contribution in [0.1, 0.15) is 38.5 Å². The van der Waals surface area contributed by atoms with Gasteiger partial charge in [-0.2, -0.15) is 0 Å². The fourth-order valence-corrected chi connectivity index (χ4v) is 2.83. The zero-order valence-corrected chi connectivity index (χ0v) is 13.0. The summed E-state index contributed by atoms with van der Waals surface area (Å²) in [5.41, 5.74) is 0.795. The summed E-state index contributed by atoms with van der Waals surface area (Å²) in [6, 6.07) is 6.91. The van der Waals surface area contributed by atoms with Crippen molar-refractivity contribution in [2.75, 3.05) is 18.6 Å². The number of carbonyl (C=O) groups is 2. The van der Waals surface area contributed by atoms with E-state index >= 15 is 0 Å². The Balaban J connectivity index is 1.89. The van der Waals surface area contributed by atoms with Crippen molar-refractivity contribution in [3.63, 3.8) is 0 Å². The van der Waals surface area contributed by atoms with Gasteiger partial charge in [0.25, 0.3) is 0 Å². The Hall–Kier alpha value is -2.04. The fourth-order valence-electron chi connectivity index (χ4n) is 2.83. The van der Waals surface area contributed by atoms with Gasteiger partial charge in [0.15, 0.2) is 6.61 Å². The molecule has 5 nitrogen and oxygen atoms in total. The van der Waals surface area contributed by atoms with Crippen LogP contribution in [0.15, 0.2) is 24.3 Å². The van der Waals surface area contributed by atoms with Gasteiger partial charge in [0, 0.05) is 19.2 Å². The van der Waals surface area contributed by atoms with Gasteiger partial charge >= 0.3 is 5.97 Å². The molecule has 0 saturated heterocycles. The number of aliphatic carboxylic acids is 1. The van der Waals surface area contributed by atoms with Crippen molar-refractivity contribution in [3.05, 3.63) is 24.3 Å². The third kappa shape index (κ3) is 4.76. The van der Waals surface area contributed by atoms with Gasteiger partial charge in [0.05, 0.1) is 0 Å². The molecule has 0 spiro atoms. The first kappa shape index (κ1) is 16.3. The van der Waals surface area contributed by atoms with Gasteiger partial charge in [0.1, 0.15) is 5.75 Å². The Labute approximate surface area is 130 Å². The molecule has 1 aliphatic carbocycles. The second-order valence-electron chi connectivity index (χ2n) is 5.84. The van der Waals surface area contributed by atoms with Crippen LogP contribution in [0.3, 0.4) is 0 Å². The highest BCUT2D eigenvalue weighted by atomic mass is 16.5. The zero-order chi connectivity index (χ0) is 15.9. The molecule has 1 aliphatic rings. The first-order valence-corrected chi connectivity index (χ1v) is 7.77. The lowest BCUT2D eigenvalue weighted by atomic mass is 9.86. The van der Waals surface area contributed by atoms with Gasteiger partial charge in [-0.25, -0.2) is 4.79 Å². The van der Waals surface area contributed by atoms with E-state index in [9.17, 15) is 9.59 Å². The second-order valence-corrected chi connectivity index (χ2v) is 5.84. The molecule has 1 aromatic rings. The number of rotatable bonds is 6. The number of benzene rings is 1. The monoisotopic (exact) mass is 305 g/mol. The summed E-state index contributed by atoms with van der Waals surface area (Å²) in [6.07, 6.45) is 6.67. The third-order valence-corrected chi connectivity index (χ3v) is 4.15. The highest BCUT2D eigenvalue weighted by Gasteiger charge is 2.20. The Morgan fingerprint density at radius 2 is 1.82 bits per heavy atom. The number of anilines is 1. The van der Waals surface area contributed by atoms with Gasteiger partial charge in [-0.3, -0.25) is 4.79 Å². The lowest BCUT2D eigenvalue weighted by molar-refractivity contribution is -0.139. The predicted octanol–water partition coefficient (Wildman–Crippen LogP) is 3.08. The highest BCUT2D eigenvalue weighted by molar-refractivity contribution is 5.92. The first-order chi connectivity index (χ1) is 10.6. The quantitative estimate of drug-likeness (QED) is 0.877. The van der Waals surface area contributed by atoms with Crippen LogP contribution in [0.4, 0.5) is 5.69 Å². The number of carboxylic acids is 1. The average molecular weight is 305 g/mol. The number of carbonyl (C=O) groups excluding carboxylic acids is 1. The van der Waals surface area contributed by atoms with Crippen molar-refractivity contribution in [3.8, 4) is 5.75 Å². The van der Waals surface area contributed by atoms with Crippen molar-refractivity contribution in [2.24, 2.45) is 5.92 Å². The Bertz CT molecular complexity index is 506. The molecule has 0 atom stereocenters. The second kappa shape index (κ2) is 7.82. The Morgan fingerprint density at radius 1 is 1.18 bits per heavy atom. The minimum atomic E-state index is -1.01. The highest BCUT2D eigenvalue weighted by Crippen LogP contribution is 2.27. The van der Waals surface area contributed by atoms with E-state index in [1.165, 1.54) is 19.3 Å². The van der Waals surface area contributed by atoms with Gasteiger partial charge in [-0.1, -0.05) is 19.3 Å². The molecule has 0 aromatic heterocycles. The lowest BCUT2D eigenvalue weighted by Crippen LogP contribution is -2.28. The van der Waals surface area contributed by atoms with Crippen LogP contribution in [0.2, 0.25) is 0 Å². The number of nitrogens with zero attached hydrogens (tertiary/aromatic N) is 1. The molecule has 2 rings (SSSR count). The normalized spacial score (nSPS) is 15.3. The molecule has 1 saturated carbocycles. The number of amides is 1. The van der Waals surface area contributed by atoms with Crippen LogP contribution < -0.4 is 9.64 Å². The molecule has 1 amide bonds.